The summed E-state index contributed by atoms with van der Waals surface area (Å²) in [6.07, 6.45) is 3.96. The molecule has 14 heavy (non-hydrogen) atoms. The van der Waals surface area contributed by atoms with Gasteiger partial charge in [-0.25, -0.2) is 0 Å². The lowest BCUT2D eigenvalue weighted by Gasteiger charge is -2.27. The summed E-state index contributed by atoms with van der Waals surface area (Å²) in [4.78, 5) is 0. The molecule has 3 heteroatoms. The van der Waals surface area contributed by atoms with Gasteiger partial charge in [0.05, 0.1) is 6.10 Å². The van der Waals surface area contributed by atoms with Crippen molar-refractivity contribution in [3.8, 4) is 0 Å². The highest BCUT2D eigenvalue weighted by molar-refractivity contribution is 4.76. The molecule has 0 amide bonds. The van der Waals surface area contributed by atoms with Gasteiger partial charge in [-0.1, -0.05) is 0 Å². The van der Waals surface area contributed by atoms with E-state index < -0.39 is 0 Å². The maximum atomic E-state index is 10.0. The van der Waals surface area contributed by atoms with Crippen LogP contribution in [0.5, 0.6) is 0 Å². The third-order valence-corrected chi connectivity index (χ3v) is 3.41. The summed E-state index contributed by atoms with van der Waals surface area (Å²) >= 11 is 0. The Bertz CT molecular complexity index is 160. The largest absolute Gasteiger partial charge is 0.393 e. The lowest BCUT2D eigenvalue weighted by atomic mass is 9.87. The summed E-state index contributed by atoms with van der Waals surface area (Å²) in [5, 5.41) is 10.0. The Hall–Kier alpha value is -0.120. The Kier molecular flexibility index (Phi) is 3.79. The minimum atomic E-state index is -0.134. The summed E-state index contributed by atoms with van der Waals surface area (Å²) in [6.45, 7) is 3.37. The van der Waals surface area contributed by atoms with Crippen molar-refractivity contribution in [2.45, 2.75) is 31.8 Å². The lowest BCUT2D eigenvalue weighted by molar-refractivity contribution is -0.00186. The maximum absolute atomic E-state index is 10.0. The molecule has 2 saturated heterocycles. The van der Waals surface area contributed by atoms with Crippen LogP contribution in [-0.4, -0.2) is 37.6 Å². The first-order chi connectivity index (χ1) is 6.86. The van der Waals surface area contributed by atoms with Gasteiger partial charge in [-0.2, -0.15) is 0 Å². The van der Waals surface area contributed by atoms with Gasteiger partial charge in [0.25, 0.3) is 0 Å². The summed E-state index contributed by atoms with van der Waals surface area (Å²) in [5.74, 6) is 1.05. The average Bonchev–Trinajstić information content (AvgIpc) is 2.72. The summed E-state index contributed by atoms with van der Waals surface area (Å²) in [5.41, 5.74) is 0. The van der Waals surface area contributed by atoms with Crippen LogP contribution in [0.3, 0.4) is 0 Å². The van der Waals surface area contributed by atoms with Gasteiger partial charge in [-0.05, 0) is 37.5 Å². The van der Waals surface area contributed by atoms with E-state index in [4.69, 9.17) is 9.47 Å². The van der Waals surface area contributed by atoms with Crippen molar-refractivity contribution in [2.75, 3.05) is 26.4 Å². The van der Waals surface area contributed by atoms with E-state index in [2.05, 4.69) is 0 Å². The molecule has 2 fully saturated rings. The first-order valence-corrected chi connectivity index (χ1v) is 5.70. The van der Waals surface area contributed by atoms with Gasteiger partial charge >= 0.3 is 0 Å². The van der Waals surface area contributed by atoms with Crippen LogP contribution in [0, 0.1) is 11.8 Å². The predicted molar refractivity (Wildman–Crippen MR) is 53.1 cm³/mol. The Morgan fingerprint density at radius 1 is 1.07 bits per heavy atom. The highest BCUT2D eigenvalue weighted by atomic mass is 16.5. The number of ether oxygens (including phenoxy) is 2. The van der Waals surface area contributed by atoms with E-state index >= 15 is 0 Å². The first-order valence-electron chi connectivity index (χ1n) is 5.70. The molecular formula is C11H20O3. The van der Waals surface area contributed by atoms with Gasteiger partial charge in [-0.3, -0.25) is 0 Å². The van der Waals surface area contributed by atoms with Crippen LogP contribution in [0.2, 0.25) is 0 Å². The summed E-state index contributed by atoms with van der Waals surface area (Å²) in [7, 11) is 0. The molecule has 0 bridgehead atoms. The van der Waals surface area contributed by atoms with Crippen molar-refractivity contribution < 1.29 is 14.6 Å². The third-order valence-electron chi connectivity index (χ3n) is 3.41. The molecule has 0 aromatic rings. The molecule has 2 rings (SSSR count). The van der Waals surface area contributed by atoms with Crippen LogP contribution in [0.1, 0.15) is 25.7 Å². The molecule has 0 aromatic heterocycles. The molecule has 0 aliphatic carbocycles. The molecule has 3 nitrogen and oxygen atoms in total. The van der Waals surface area contributed by atoms with E-state index in [1.807, 2.05) is 0 Å². The molecule has 2 heterocycles. The van der Waals surface area contributed by atoms with E-state index in [0.29, 0.717) is 11.8 Å². The topological polar surface area (TPSA) is 38.7 Å². The van der Waals surface area contributed by atoms with Crippen molar-refractivity contribution in [3.63, 3.8) is 0 Å². The monoisotopic (exact) mass is 200 g/mol. The highest BCUT2D eigenvalue weighted by Crippen LogP contribution is 2.26. The van der Waals surface area contributed by atoms with Crippen molar-refractivity contribution in [1.82, 2.24) is 0 Å². The highest BCUT2D eigenvalue weighted by Gasteiger charge is 2.26. The predicted octanol–water partition coefficient (Wildman–Crippen LogP) is 1.20. The van der Waals surface area contributed by atoms with Crippen molar-refractivity contribution in [3.05, 3.63) is 0 Å². The van der Waals surface area contributed by atoms with Crippen molar-refractivity contribution in [2.24, 2.45) is 11.8 Å². The maximum Gasteiger partial charge on any atom is 0.0573 e. The molecule has 82 valence electrons. The summed E-state index contributed by atoms with van der Waals surface area (Å²) in [6, 6.07) is 0. The zero-order valence-electron chi connectivity index (χ0n) is 8.65. The molecule has 2 aliphatic rings. The normalized spacial score (nSPS) is 31.9. The third kappa shape index (κ3) is 2.69. The van der Waals surface area contributed by atoms with E-state index in [1.165, 1.54) is 0 Å². The fourth-order valence-electron chi connectivity index (χ4n) is 2.40. The van der Waals surface area contributed by atoms with Gasteiger partial charge in [0.2, 0.25) is 0 Å². The molecule has 0 aromatic carbocycles. The van der Waals surface area contributed by atoms with Gasteiger partial charge in [0.1, 0.15) is 0 Å². The molecule has 0 saturated carbocycles. The fraction of sp³-hybridized carbons (Fsp3) is 1.00. The van der Waals surface area contributed by atoms with Crippen LogP contribution in [-0.2, 0) is 9.47 Å². The molecule has 2 atom stereocenters. The van der Waals surface area contributed by atoms with Gasteiger partial charge in [-0.15, -0.1) is 0 Å². The van der Waals surface area contributed by atoms with Gasteiger partial charge in [0, 0.05) is 26.4 Å². The van der Waals surface area contributed by atoms with E-state index in [9.17, 15) is 5.11 Å². The Balaban J connectivity index is 1.72. The zero-order chi connectivity index (χ0) is 9.80. The quantitative estimate of drug-likeness (QED) is 0.744. The molecular weight excluding hydrogens is 180 g/mol. The number of aliphatic hydroxyl groups is 1. The van der Waals surface area contributed by atoms with Crippen LogP contribution >= 0.6 is 0 Å². The van der Waals surface area contributed by atoms with Crippen molar-refractivity contribution >= 4 is 0 Å². The molecule has 0 spiro atoms. The van der Waals surface area contributed by atoms with Gasteiger partial charge < -0.3 is 14.6 Å². The standard InChI is InChI=1S/C11H20O3/c12-11(7-9-1-4-14-8-9)10-2-5-13-6-3-10/h9-12H,1-8H2. The number of aliphatic hydroxyl groups excluding tert-OH is 1. The average molecular weight is 200 g/mol. The smallest absolute Gasteiger partial charge is 0.0573 e. The second-order valence-electron chi connectivity index (χ2n) is 4.48. The van der Waals surface area contributed by atoms with Crippen molar-refractivity contribution in [1.29, 1.82) is 0 Å². The zero-order valence-corrected chi connectivity index (χ0v) is 8.65. The van der Waals surface area contributed by atoms with E-state index in [1.54, 1.807) is 0 Å². The van der Waals surface area contributed by atoms with Crippen LogP contribution in [0.4, 0.5) is 0 Å². The van der Waals surface area contributed by atoms with E-state index in [-0.39, 0.29) is 6.10 Å². The Morgan fingerprint density at radius 2 is 1.79 bits per heavy atom. The summed E-state index contributed by atoms with van der Waals surface area (Å²) < 4.78 is 10.6. The lowest BCUT2D eigenvalue weighted by Crippen LogP contribution is -2.29. The van der Waals surface area contributed by atoms with E-state index in [0.717, 1.165) is 52.1 Å². The number of hydrogen-bond donors (Lipinski definition) is 1. The fourth-order valence-corrected chi connectivity index (χ4v) is 2.40. The molecule has 1 N–H and O–H groups in total. The van der Waals surface area contributed by atoms with Crippen LogP contribution in [0.15, 0.2) is 0 Å². The Morgan fingerprint density at radius 3 is 2.43 bits per heavy atom. The van der Waals surface area contributed by atoms with Crippen LogP contribution < -0.4 is 0 Å². The number of hydrogen-bond acceptors (Lipinski definition) is 3. The Labute approximate surface area is 85.4 Å². The minimum absolute atomic E-state index is 0.134. The second kappa shape index (κ2) is 5.10. The molecule has 2 unspecified atom stereocenters. The van der Waals surface area contributed by atoms with Gasteiger partial charge in [0.15, 0.2) is 0 Å². The SMILES string of the molecule is OC(CC1CCOC1)C1CCOCC1. The minimum Gasteiger partial charge on any atom is -0.393 e. The molecule has 2 aliphatic heterocycles. The van der Waals surface area contributed by atoms with Crippen LogP contribution in [0.25, 0.3) is 0 Å². The number of rotatable bonds is 3. The molecule has 0 radical (unpaired) electrons. The first kappa shape index (κ1) is 10.4. The second-order valence-corrected chi connectivity index (χ2v) is 4.48.